The van der Waals surface area contributed by atoms with Crippen LogP contribution in [0.3, 0.4) is 0 Å². The number of aromatic nitrogens is 4. The van der Waals surface area contributed by atoms with E-state index in [1.54, 1.807) is 36.0 Å². The van der Waals surface area contributed by atoms with Crippen molar-refractivity contribution < 1.29 is 28.4 Å². The fourth-order valence-electron chi connectivity index (χ4n) is 3.57. The molecule has 39 heavy (non-hydrogen) atoms. The zero-order chi connectivity index (χ0) is 28.6. The van der Waals surface area contributed by atoms with E-state index in [9.17, 15) is 14.2 Å². The Morgan fingerprint density at radius 1 is 1.21 bits per heavy atom. The number of benzene rings is 1. The highest BCUT2D eigenvalue weighted by molar-refractivity contribution is 7.60. The molecule has 0 fully saturated rings. The smallest absolute Gasteiger partial charge is 0.326 e. The summed E-state index contributed by atoms with van der Waals surface area (Å²) in [5.41, 5.74) is 5.49. The van der Waals surface area contributed by atoms with Crippen LogP contribution in [0.15, 0.2) is 36.9 Å². The number of ether oxygens (including phenoxy) is 3. The number of amides is 1. The highest BCUT2D eigenvalue weighted by Gasteiger charge is 2.39. The lowest BCUT2D eigenvalue weighted by molar-refractivity contribution is -0.151. The average molecular weight is 582 g/mol. The van der Waals surface area contributed by atoms with Gasteiger partial charge in [-0.3, -0.25) is 19.2 Å². The van der Waals surface area contributed by atoms with Crippen molar-refractivity contribution in [2.75, 3.05) is 31.9 Å². The molecule has 1 aromatic carbocycles. The molecule has 2 unspecified atom stereocenters. The standard InChI is InChI=1S/C24H33ClN7O6P/c1-5-36-10-11-37-23(34)24(3,4)31-39(35,30-22(33)17-8-6-7-9-18(17)25)15-38-16(2)12-32-14-29-19-20(26)27-13-28-21(19)32/h6-9,13-14,16H,5,10-12,15H2,1-4H3,(H2,26,27,28)(H2,30,31,33,35). The highest BCUT2D eigenvalue weighted by Crippen LogP contribution is 2.40. The van der Waals surface area contributed by atoms with E-state index in [1.807, 2.05) is 6.92 Å². The third-order valence-corrected chi connectivity index (χ3v) is 7.79. The number of esters is 1. The van der Waals surface area contributed by atoms with Gasteiger partial charge in [-0.1, -0.05) is 23.7 Å². The molecule has 3 aromatic rings. The molecule has 0 aliphatic rings. The van der Waals surface area contributed by atoms with Gasteiger partial charge >= 0.3 is 5.97 Å². The molecule has 0 bridgehead atoms. The Morgan fingerprint density at radius 3 is 2.67 bits per heavy atom. The summed E-state index contributed by atoms with van der Waals surface area (Å²) in [6.45, 7) is 7.58. The first-order valence-electron chi connectivity index (χ1n) is 12.2. The van der Waals surface area contributed by atoms with Crippen LogP contribution in [0.2, 0.25) is 5.02 Å². The number of imidazole rings is 1. The Morgan fingerprint density at radius 2 is 1.95 bits per heavy atom. The normalized spacial score (nSPS) is 14.1. The zero-order valence-electron chi connectivity index (χ0n) is 22.2. The van der Waals surface area contributed by atoms with Gasteiger partial charge in [0.05, 0.1) is 36.2 Å². The second-order valence-corrected chi connectivity index (χ2v) is 11.8. The number of nitrogens with one attached hydrogen (secondary N) is 2. The van der Waals surface area contributed by atoms with Crippen molar-refractivity contribution in [2.45, 2.75) is 45.9 Å². The molecule has 0 aliphatic heterocycles. The molecule has 3 rings (SSSR count). The number of nitrogen functional groups attached to an aromatic ring is 1. The summed E-state index contributed by atoms with van der Waals surface area (Å²) in [6, 6.07) is 6.33. The molecule has 0 saturated carbocycles. The van der Waals surface area contributed by atoms with Crippen molar-refractivity contribution in [3.05, 3.63) is 47.5 Å². The first-order valence-corrected chi connectivity index (χ1v) is 14.5. The van der Waals surface area contributed by atoms with Crippen molar-refractivity contribution in [1.29, 1.82) is 0 Å². The Hall–Kier alpha value is -3.09. The predicted molar refractivity (Wildman–Crippen MR) is 146 cm³/mol. The molecule has 4 N–H and O–H groups in total. The number of nitrogens with zero attached hydrogens (tertiary/aromatic N) is 4. The molecular formula is C24H33ClN7O6P. The molecular weight excluding hydrogens is 549 g/mol. The number of fused-ring (bicyclic) bond motifs is 1. The SMILES string of the molecule is CCOCCOC(=O)C(C)(C)NP(=O)(COC(C)Cn1cnc2c(N)ncnc21)NC(=O)c1ccccc1Cl. The van der Waals surface area contributed by atoms with Gasteiger partial charge in [-0.2, -0.15) is 0 Å². The summed E-state index contributed by atoms with van der Waals surface area (Å²) in [7, 11) is -3.91. The van der Waals surface area contributed by atoms with Gasteiger partial charge in [0.15, 0.2) is 11.5 Å². The van der Waals surface area contributed by atoms with Crippen LogP contribution < -0.4 is 15.9 Å². The van der Waals surface area contributed by atoms with Gasteiger partial charge < -0.3 is 24.5 Å². The second kappa shape index (κ2) is 13.3. The van der Waals surface area contributed by atoms with E-state index in [-0.39, 0.29) is 36.2 Å². The molecule has 1 amide bonds. The second-order valence-electron chi connectivity index (χ2n) is 9.16. The van der Waals surface area contributed by atoms with Gasteiger partial charge in [-0.05, 0) is 39.8 Å². The number of nitrogens with two attached hydrogens (primary N) is 1. The van der Waals surface area contributed by atoms with Gasteiger partial charge in [0, 0.05) is 6.61 Å². The van der Waals surface area contributed by atoms with Crippen molar-refractivity contribution in [2.24, 2.45) is 0 Å². The van der Waals surface area contributed by atoms with E-state index < -0.39 is 37.3 Å². The summed E-state index contributed by atoms with van der Waals surface area (Å²) < 4.78 is 32.1. The van der Waals surface area contributed by atoms with E-state index in [0.29, 0.717) is 17.8 Å². The van der Waals surface area contributed by atoms with Gasteiger partial charge in [0.25, 0.3) is 13.4 Å². The molecule has 212 valence electrons. The quantitative estimate of drug-likeness (QED) is 0.145. The minimum Gasteiger partial charge on any atom is -0.462 e. The van der Waals surface area contributed by atoms with E-state index in [2.05, 4.69) is 25.1 Å². The number of carbonyl (C=O) groups is 2. The lowest BCUT2D eigenvalue weighted by atomic mass is 10.1. The number of hydrogen-bond acceptors (Lipinski definition) is 10. The first kappa shape index (κ1) is 30.5. The highest BCUT2D eigenvalue weighted by atomic mass is 35.5. The maximum atomic E-state index is 14.1. The maximum Gasteiger partial charge on any atom is 0.326 e. The third kappa shape index (κ3) is 8.20. The van der Waals surface area contributed by atoms with Crippen LogP contribution in [-0.4, -0.2) is 69.2 Å². The number of halogens is 1. The minimum absolute atomic E-state index is 0.0224. The monoisotopic (exact) mass is 581 g/mol. The molecule has 2 heterocycles. The van der Waals surface area contributed by atoms with Crippen molar-refractivity contribution in [3.8, 4) is 0 Å². The van der Waals surface area contributed by atoms with Gasteiger partial charge in [-0.15, -0.1) is 0 Å². The van der Waals surface area contributed by atoms with Gasteiger partial charge in [0.2, 0.25) is 0 Å². The van der Waals surface area contributed by atoms with Crippen LogP contribution in [0, 0.1) is 0 Å². The van der Waals surface area contributed by atoms with Gasteiger partial charge in [0.1, 0.15) is 30.3 Å². The Kier molecular flexibility index (Phi) is 10.4. The fraction of sp³-hybridized carbons (Fsp3) is 0.458. The Balaban J connectivity index is 1.75. The average Bonchev–Trinajstić information content (AvgIpc) is 3.29. The van der Waals surface area contributed by atoms with Crippen LogP contribution in [0.5, 0.6) is 0 Å². The number of carbonyl (C=O) groups excluding carboxylic acids is 2. The lowest BCUT2D eigenvalue weighted by Crippen LogP contribution is -2.49. The fourth-order valence-corrected chi connectivity index (χ4v) is 5.89. The summed E-state index contributed by atoms with van der Waals surface area (Å²) in [4.78, 5) is 38.1. The third-order valence-electron chi connectivity index (χ3n) is 5.46. The van der Waals surface area contributed by atoms with Crippen LogP contribution in [0.4, 0.5) is 5.82 Å². The summed E-state index contributed by atoms with van der Waals surface area (Å²) in [6.07, 6.45) is 1.93. The van der Waals surface area contributed by atoms with Crippen LogP contribution in [-0.2, 0) is 30.1 Å². The number of rotatable bonds is 14. The first-order chi connectivity index (χ1) is 18.5. The molecule has 2 atom stereocenters. The Bertz CT molecular complexity index is 1350. The Labute approximate surface area is 231 Å². The maximum absolute atomic E-state index is 14.1. The number of anilines is 1. The largest absolute Gasteiger partial charge is 0.462 e. The van der Waals surface area contributed by atoms with E-state index in [4.69, 9.17) is 31.5 Å². The molecule has 15 heteroatoms. The zero-order valence-corrected chi connectivity index (χ0v) is 23.9. The van der Waals surface area contributed by atoms with E-state index >= 15 is 0 Å². The summed E-state index contributed by atoms with van der Waals surface area (Å²) in [5.74, 6) is -1.12. The van der Waals surface area contributed by atoms with Crippen molar-refractivity contribution in [3.63, 3.8) is 0 Å². The summed E-state index contributed by atoms with van der Waals surface area (Å²) >= 11 is 6.16. The molecule has 2 aromatic heterocycles. The molecule has 0 saturated heterocycles. The van der Waals surface area contributed by atoms with Crippen LogP contribution >= 0.6 is 19.0 Å². The number of hydrogen-bond donors (Lipinski definition) is 3. The lowest BCUT2D eigenvalue weighted by Gasteiger charge is -2.31. The molecule has 0 radical (unpaired) electrons. The molecule has 0 aliphatic carbocycles. The van der Waals surface area contributed by atoms with E-state index in [0.717, 1.165) is 0 Å². The molecule has 0 spiro atoms. The topological polar surface area (TPSA) is 173 Å². The van der Waals surface area contributed by atoms with Crippen molar-refractivity contribution >= 4 is 47.9 Å². The minimum atomic E-state index is -3.91. The van der Waals surface area contributed by atoms with Crippen LogP contribution in [0.25, 0.3) is 11.2 Å². The summed E-state index contributed by atoms with van der Waals surface area (Å²) in [5, 5.41) is 5.44. The predicted octanol–water partition coefficient (Wildman–Crippen LogP) is 3.00. The van der Waals surface area contributed by atoms with Gasteiger partial charge in [-0.25, -0.2) is 20.0 Å². The molecule has 13 nitrogen and oxygen atoms in total. The van der Waals surface area contributed by atoms with E-state index in [1.165, 1.54) is 26.2 Å². The van der Waals surface area contributed by atoms with Crippen LogP contribution in [0.1, 0.15) is 38.1 Å². The van der Waals surface area contributed by atoms with Crippen molar-refractivity contribution in [1.82, 2.24) is 29.7 Å².